The Morgan fingerprint density at radius 1 is 1.09 bits per heavy atom. The van der Waals surface area contributed by atoms with Crippen LogP contribution in [0.1, 0.15) is 51.0 Å². The summed E-state index contributed by atoms with van der Waals surface area (Å²) in [7, 11) is 0.352. The molecule has 2 aromatic carbocycles. The van der Waals surface area contributed by atoms with E-state index in [9.17, 15) is 5.11 Å². The van der Waals surface area contributed by atoms with Gasteiger partial charge in [0.25, 0.3) is 0 Å². The molecule has 1 unspecified atom stereocenters. The van der Waals surface area contributed by atoms with Gasteiger partial charge in [0.05, 0.1) is 11.2 Å². The highest BCUT2D eigenvalue weighted by molar-refractivity contribution is 6.52. The molecule has 1 atom stereocenters. The summed E-state index contributed by atoms with van der Waals surface area (Å²) in [6.45, 7) is 11.2. The maximum atomic E-state index is 10.6. The van der Waals surface area contributed by atoms with Crippen LogP contribution < -0.4 is 10.2 Å². The Bertz CT molecular complexity index is 1380. The van der Waals surface area contributed by atoms with Crippen LogP contribution in [0.15, 0.2) is 77.8 Å². The van der Waals surface area contributed by atoms with Crippen molar-refractivity contribution in [1.82, 2.24) is 0 Å². The molecule has 0 spiro atoms. The average molecular weight is 466 g/mol. The van der Waals surface area contributed by atoms with Gasteiger partial charge in [-0.1, -0.05) is 61.2 Å². The number of hydrogen-bond donors (Lipinski definition) is 1. The van der Waals surface area contributed by atoms with Gasteiger partial charge in [-0.3, -0.25) is 0 Å². The number of benzene rings is 2. The highest BCUT2D eigenvalue weighted by atomic mass is 16.5. The zero-order chi connectivity index (χ0) is 24.8. The average Bonchev–Trinajstić information content (AvgIpc) is 3.38. The predicted octanol–water partition coefficient (Wildman–Crippen LogP) is 5.81. The number of furan rings is 1. The Labute approximate surface area is 207 Å². The van der Waals surface area contributed by atoms with Gasteiger partial charge >= 0.3 is 7.48 Å². The molecule has 2 heterocycles. The third-order valence-electron chi connectivity index (χ3n) is 7.28. The zero-order valence-corrected chi connectivity index (χ0v) is 20.8. The topological polar surface area (TPSA) is 51.8 Å². The molecule has 178 valence electrons. The molecule has 0 radical (unpaired) electrons. The minimum atomic E-state index is -0.986. The quantitative estimate of drug-likeness (QED) is 0.353. The van der Waals surface area contributed by atoms with Crippen LogP contribution in [0, 0.1) is 0 Å². The number of hydrogen-bond acceptors (Lipinski definition) is 4. The van der Waals surface area contributed by atoms with Crippen LogP contribution in [0.2, 0.25) is 0 Å². The number of rotatable bonds is 7. The van der Waals surface area contributed by atoms with Crippen LogP contribution in [0.25, 0.3) is 28.2 Å². The van der Waals surface area contributed by atoms with Crippen LogP contribution in [0.3, 0.4) is 0 Å². The van der Waals surface area contributed by atoms with Gasteiger partial charge in [-0.15, -0.1) is 0 Å². The fourth-order valence-corrected chi connectivity index (χ4v) is 4.58. The second-order valence-electron chi connectivity index (χ2n) is 10.2. The Kier molecular flexibility index (Phi) is 5.86. The number of para-hydroxylation sites is 1. The molecular weight excluding hydrogens is 435 g/mol. The van der Waals surface area contributed by atoms with Gasteiger partial charge in [0.15, 0.2) is 0 Å². The first-order valence-electron chi connectivity index (χ1n) is 12.1. The Hall–Kier alpha value is -3.28. The largest absolute Gasteiger partial charge is 0.485 e. The highest BCUT2D eigenvalue weighted by Gasteiger charge is 2.36. The molecule has 0 amide bonds. The van der Waals surface area contributed by atoms with Crippen LogP contribution in [-0.4, -0.2) is 29.9 Å². The summed E-state index contributed by atoms with van der Waals surface area (Å²) in [5.41, 5.74) is 4.70. The molecule has 1 N–H and O–H groups in total. The Morgan fingerprint density at radius 3 is 2.66 bits per heavy atom. The molecule has 2 aliphatic rings. The van der Waals surface area contributed by atoms with Crippen molar-refractivity contribution in [3.8, 4) is 5.75 Å². The van der Waals surface area contributed by atoms with Gasteiger partial charge in [-0.2, -0.15) is 0 Å². The van der Waals surface area contributed by atoms with Gasteiger partial charge in [-0.05, 0) is 56.9 Å². The van der Waals surface area contributed by atoms with Crippen molar-refractivity contribution in [2.75, 3.05) is 0 Å². The molecule has 0 saturated heterocycles. The second kappa shape index (κ2) is 8.74. The molecule has 5 rings (SSSR count). The minimum Gasteiger partial charge on any atom is -0.485 e. The van der Waals surface area contributed by atoms with Crippen molar-refractivity contribution in [3.63, 3.8) is 0 Å². The fraction of sp³-hybridized carbons (Fsp3) is 0.267. The molecular formula is C30H31BO4. The van der Waals surface area contributed by atoms with E-state index in [0.717, 1.165) is 45.5 Å². The third-order valence-corrected chi connectivity index (χ3v) is 7.28. The lowest BCUT2D eigenvalue weighted by Crippen LogP contribution is -2.49. The summed E-state index contributed by atoms with van der Waals surface area (Å²) in [6, 6.07) is 14.2. The van der Waals surface area contributed by atoms with Gasteiger partial charge in [0, 0.05) is 28.5 Å². The van der Waals surface area contributed by atoms with E-state index in [0.29, 0.717) is 7.48 Å². The lowest BCUT2D eigenvalue weighted by Gasteiger charge is -2.37. The second-order valence-corrected chi connectivity index (χ2v) is 10.2. The van der Waals surface area contributed by atoms with Crippen LogP contribution in [0.4, 0.5) is 0 Å². The molecule has 0 bridgehead atoms. The summed E-state index contributed by atoms with van der Waals surface area (Å²) in [5, 5.41) is 11.6. The van der Waals surface area contributed by atoms with Crippen molar-refractivity contribution in [1.29, 1.82) is 0 Å². The summed E-state index contributed by atoms with van der Waals surface area (Å²) in [5.74, 6) is 1.72. The van der Waals surface area contributed by atoms with E-state index in [1.807, 2.05) is 56.3 Å². The first-order chi connectivity index (χ1) is 16.7. The van der Waals surface area contributed by atoms with Gasteiger partial charge < -0.3 is 18.9 Å². The van der Waals surface area contributed by atoms with Gasteiger partial charge in [-0.25, -0.2) is 0 Å². The van der Waals surface area contributed by atoms with E-state index < -0.39 is 11.2 Å². The Morgan fingerprint density at radius 2 is 1.89 bits per heavy atom. The van der Waals surface area contributed by atoms with E-state index in [-0.39, 0.29) is 6.10 Å². The number of allylic oxidation sites excluding steroid dienone is 4. The lowest BCUT2D eigenvalue weighted by molar-refractivity contribution is -0.0893. The molecule has 5 heteroatoms. The SMILES string of the molecule is C=C/C=C\c1oc2cccc(BOC(C)(C)C(C)(C)O)c2c1C1=CC=C2c3ccccc3OC2C1. The third kappa shape index (κ3) is 4.20. The number of fused-ring (bicyclic) bond motifs is 4. The molecule has 1 aliphatic carbocycles. The maximum Gasteiger partial charge on any atom is 0.310 e. The molecule has 4 nitrogen and oxygen atoms in total. The summed E-state index contributed by atoms with van der Waals surface area (Å²) in [4.78, 5) is 0. The summed E-state index contributed by atoms with van der Waals surface area (Å²) >= 11 is 0. The van der Waals surface area contributed by atoms with Crippen LogP contribution in [0.5, 0.6) is 5.75 Å². The zero-order valence-electron chi connectivity index (χ0n) is 20.8. The minimum absolute atomic E-state index is 0.0221. The first kappa shape index (κ1) is 23.5. The maximum absolute atomic E-state index is 10.6. The van der Waals surface area contributed by atoms with Crippen molar-refractivity contribution >= 4 is 41.1 Å². The van der Waals surface area contributed by atoms with E-state index in [4.69, 9.17) is 13.8 Å². The smallest absolute Gasteiger partial charge is 0.310 e. The molecule has 1 aliphatic heterocycles. The molecule has 0 fully saturated rings. The van der Waals surface area contributed by atoms with Crippen molar-refractivity contribution in [2.24, 2.45) is 0 Å². The fourth-order valence-electron chi connectivity index (χ4n) is 4.58. The van der Waals surface area contributed by atoms with E-state index in [2.05, 4.69) is 30.9 Å². The molecule has 35 heavy (non-hydrogen) atoms. The van der Waals surface area contributed by atoms with Crippen LogP contribution >= 0.6 is 0 Å². The van der Waals surface area contributed by atoms with E-state index in [1.54, 1.807) is 19.9 Å². The van der Waals surface area contributed by atoms with Crippen molar-refractivity contribution in [3.05, 3.63) is 90.2 Å². The van der Waals surface area contributed by atoms with E-state index >= 15 is 0 Å². The van der Waals surface area contributed by atoms with Crippen molar-refractivity contribution < 1.29 is 18.9 Å². The Balaban J connectivity index is 1.59. The monoisotopic (exact) mass is 466 g/mol. The number of aliphatic hydroxyl groups is 1. The highest BCUT2D eigenvalue weighted by Crippen LogP contribution is 2.45. The van der Waals surface area contributed by atoms with E-state index in [1.165, 1.54) is 11.1 Å². The van der Waals surface area contributed by atoms with Gasteiger partial charge in [0.1, 0.15) is 23.2 Å². The standard InChI is InChI=1S/C30H31BO4/c1-6-7-13-24-27(19-16-17-21-20-11-8-9-14-23(20)33-26(21)18-19)28-22(12-10-15-25(28)34-24)31-35-30(4,5)29(2,3)32/h6-17,26,31-32H,1,18H2,2-5H3/b13-7-. The van der Waals surface area contributed by atoms with Gasteiger partial charge in [0.2, 0.25) is 0 Å². The summed E-state index contributed by atoms with van der Waals surface area (Å²) < 4.78 is 18.9. The molecule has 1 aromatic heterocycles. The molecule has 0 saturated carbocycles. The number of ether oxygens (including phenoxy) is 1. The van der Waals surface area contributed by atoms with Crippen molar-refractivity contribution in [2.45, 2.75) is 51.4 Å². The summed E-state index contributed by atoms with van der Waals surface area (Å²) in [6.07, 6.45) is 10.7. The van der Waals surface area contributed by atoms with Crippen LogP contribution in [-0.2, 0) is 4.65 Å². The normalized spacial score (nSPS) is 17.6. The predicted molar refractivity (Wildman–Crippen MR) is 145 cm³/mol. The first-order valence-corrected chi connectivity index (χ1v) is 12.1. The molecule has 3 aromatic rings. The lowest BCUT2D eigenvalue weighted by atomic mass is 9.78.